The highest BCUT2D eigenvalue weighted by Gasteiger charge is 2.46. The van der Waals surface area contributed by atoms with Crippen molar-refractivity contribution in [1.82, 2.24) is 4.90 Å². The Hall–Kier alpha value is -1.81. The van der Waals surface area contributed by atoms with E-state index in [-0.39, 0.29) is 12.1 Å². The van der Waals surface area contributed by atoms with E-state index in [0.717, 1.165) is 5.57 Å². The van der Waals surface area contributed by atoms with Crippen LogP contribution in [0, 0.1) is 0 Å². The van der Waals surface area contributed by atoms with Gasteiger partial charge in [-0.2, -0.15) is 0 Å². The number of ether oxygens (including phenoxy) is 2. The Morgan fingerprint density at radius 1 is 1.35 bits per heavy atom. The molecule has 4 nitrogen and oxygen atoms in total. The number of nitrogens with zero attached hydrogens (tertiary/aromatic N) is 1. The van der Waals surface area contributed by atoms with Crippen LogP contribution in [-0.4, -0.2) is 35.0 Å². The normalized spacial score (nSPS) is 20.4. The Morgan fingerprint density at radius 3 is 2.52 bits per heavy atom. The average molecular weight is 317 g/mol. The maximum absolute atomic E-state index is 12.6. The Morgan fingerprint density at radius 2 is 1.96 bits per heavy atom. The monoisotopic (exact) mass is 317 g/mol. The standard InChI is InChI=1S/C19H27NO3/c1-14(12-15-10-8-7-9-11-15)16-13-22-19(5,6)20(16)17(21)23-18(2,3)4/h7-11,16H,1,12-13H2,2-6H3/t16-/m0/s1. The molecule has 0 aliphatic carbocycles. The molecule has 126 valence electrons. The Kier molecular flexibility index (Phi) is 4.85. The van der Waals surface area contributed by atoms with Gasteiger partial charge in [-0.15, -0.1) is 0 Å². The first-order valence-corrected chi connectivity index (χ1v) is 7.98. The van der Waals surface area contributed by atoms with Gasteiger partial charge in [0.2, 0.25) is 0 Å². The van der Waals surface area contributed by atoms with Gasteiger partial charge in [0.15, 0.2) is 0 Å². The number of carbonyl (C=O) groups excluding carboxylic acids is 1. The molecule has 1 heterocycles. The molecule has 0 saturated carbocycles. The number of hydrogen-bond donors (Lipinski definition) is 0. The van der Waals surface area contributed by atoms with E-state index in [9.17, 15) is 4.79 Å². The van der Waals surface area contributed by atoms with Gasteiger partial charge < -0.3 is 9.47 Å². The van der Waals surface area contributed by atoms with Crippen LogP contribution in [0.4, 0.5) is 4.79 Å². The molecule has 0 bridgehead atoms. The highest BCUT2D eigenvalue weighted by atomic mass is 16.6. The molecule has 0 radical (unpaired) electrons. The number of amides is 1. The SMILES string of the molecule is C=C(Cc1ccccc1)[C@@H]1COC(C)(C)N1C(=O)OC(C)(C)C. The number of hydrogen-bond acceptors (Lipinski definition) is 3. The molecular formula is C19H27NO3. The lowest BCUT2D eigenvalue weighted by Gasteiger charge is -2.35. The summed E-state index contributed by atoms with van der Waals surface area (Å²) in [5.74, 6) is 0. The molecule has 23 heavy (non-hydrogen) atoms. The molecule has 1 aromatic carbocycles. The van der Waals surface area contributed by atoms with E-state index >= 15 is 0 Å². The molecule has 0 unspecified atom stereocenters. The molecule has 4 heteroatoms. The molecule has 2 rings (SSSR count). The third kappa shape index (κ3) is 4.35. The van der Waals surface area contributed by atoms with Crippen LogP contribution in [0.2, 0.25) is 0 Å². The number of benzene rings is 1. The van der Waals surface area contributed by atoms with Crippen molar-refractivity contribution in [1.29, 1.82) is 0 Å². The lowest BCUT2D eigenvalue weighted by atomic mass is 9.99. The van der Waals surface area contributed by atoms with Gasteiger partial charge in [0, 0.05) is 0 Å². The number of carbonyl (C=O) groups is 1. The smallest absolute Gasteiger partial charge is 0.413 e. The van der Waals surface area contributed by atoms with Gasteiger partial charge in [-0.1, -0.05) is 36.9 Å². The van der Waals surface area contributed by atoms with Crippen molar-refractivity contribution in [2.75, 3.05) is 6.61 Å². The first-order chi connectivity index (χ1) is 10.6. The van der Waals surface area contributed by atoms with Crippen LogP contribution in [0.5, 0.6) is 0 Å². The lowest BCUT2D eigenvalue weighted by molar-refractivity contribution is -0.0614. The van der Waals surface area contributed by atoms with Crippen LogP contribution in [-0.2, 0) is 15.9 Å². The second-order valence-electron chi connectivity index (χ2n) is 7.44. The molecule has 1 saturated heterocycles. The van der Waals surface area contributed by atoms with E-state index in [1.54, 1.807) is 4.90 Å². The van der Waals surface area contributed by atoms with E-state index < -0.39 is 11.3 Å². The highest BCUT2D eigenvalue weighted by Crippen LogP contribution is 2.33. The summed E-state index contributed by atoms with van der Waals surface area (Å²) in [7, 11) is 0. The molecular weight excluding hydrogens is 290 g/mol. The van der Waals surface area contributed by atoms with Crippen molar-refractivity contribution in [3.8, 4) is 0 Å². The third-order valence-corrected chi connectivity index (χ3v) is 3.82. The quantitative estimate of drug-likeness (QED) is 0.786. The maximum atomic E-state index is 12.6. The molecule has 0 aromatic heterocycles. The van der Waals surface area contributed by atoms with Gasteiger partial charge in [-0.25, -0.2) is 4.79 Å². The van der Waals surface area contributed by atoms with Crippen molar-refractivity contribution < 1.29 is 14.3 Å². The molecule has 1 aliphatic rings. The summed E-state index contributed by atoms with van der Waals surface area (Å²) in [6, 6.07) is 9.93. The summed E-state index contributed by atoms with van der Waals surface area (Å²) < 4.78 is 11.4. The summed E-state index contributed by atoms with van der Waals surface area (Å²) in [5.41, 5.74) is 0.882. The van der Waals surface area contributed by atoms with E-state index in [1.165, 1.54) is 5.56 Å². The van der Waals surface area contributed by atoms with Gasteiger partial charge in [-0.05, 0) is 52.2 Å². The van der Waals surface area contributed by atoms with E-state index in [0.29, 0.717) is 13.0 Å². The average Bonchev–Trinajstić information content (AvgIpc) is 2.73. The van der Waals surface area contributed by atoms with Crippen LogP contribution in [0.25, 0.3) is 0 Å². The van der Waals surface area contributed by atoms with Crippen LogP contribution in [0.3, 0.4) is 0 Å². The second-order valence-corrected chi connectivity index (χ2v) is 7.44. The van der Waals surface area contributed by atoms with Crippen molar-refractivity contribution in [2.24, 2.45) is 0 Å². The fraction of sp³-hybridized carbons (Fsp3) is 0.526. The minimum Gasteiger partial charge on any atom is -0.444 e. The van der Waals surface area contributed by atoms with Crippen molar-refractivity contribution in [2.45, 2.75) is 58.4 Å². The second kappa shape index (κ2) is 6.36. The molecule has 1 aromatic rings. The first kappa shape index (κ1) is 17.5. The summed E-state index contributed by atoms with van der Waals surface area (Å²) in [4.78, 5) is 14.3. The van der Waals surface area contributed by atoms with Crippen LogP contribution < -0.4 is 0 Å². The van der Waals surface area contributed by atoms with Crippen molar-refractivity contribution in [3.05, 3.63) is 48.0 Å². The topological polar surface area (TPSA) is 38.8 Å². The molecule has 0 N–H and O–H groups in total. The van der Waals surface area contributed by atoms with Crippen LogP contribution >= 0.6 is 0 Å². The lowest BCUT2D eigenvalue weighted by Crippen LogP contribution is -2.50. The zero-order chi connectivity index (χ0) is 17.3. The molecule has 1 amide bonds. The maximum Gasteiger partial charge on any atom is 0.413 e. The zero-order valence-electron chi connectivity index (χ0n) is 14.8. The van der Waals surface area contributed by atoms with Crippen LogP contribution in [0.1, 0.15) is 40.2 Å². The molecule has 1 fully saturated rings. The first-order valence-electron chi connectivity index (χ1n) is 7.98. The van der Waals surface area contributed by atoms with Gasteiger partial charge >= 0.3 is 6.09 Å². The van der Waals surface area contributed by atoms with Crippen molar-refractivity contribution >= 4 is 6.09 Å². The van der Waals surface area contributed by atoms with Gasteiger partial charge in [-0.3, -0.25) is 4.90 Å². The zero-order valence-corrected chi connectivity index (χ0v) is 14.8. The van der Waals surface area contributed by atoms with Gasteiger partial charge in [0.1, 0.15) is 11.3 Å². The van der Waals surface area contributed by atoms with Crippen LogP contribution in [0.15, 0.2) is 42.5 Å². The Labute approximate surface area is 139 Å². The largest absolute Gasteiger partial charge is 0.444 e. The third-order valence-electron chi connectivity index (χ3n) is 3.82. The summed E-state index contributed by atoms with van der Waals surface area (Å²) in [5, 5.41) is 0. The Bertz CT molecular complexity index is 572. The molecule has 0 spiro atoms. The van der Waals surface area contributed by atoms with Crippen molar-refractivity contribution in [3.63, 3.8) is 0 Å². The fourth-order valence-corrected chi connectivity index (χ4v) is 2.74. The highest BCUT2D eigenvalue weighted by molar-refractivity contribution is 5.70. The molecule has 1 aliphatic heterocycles. The van der Waals surface area contributed by atoms with E-state index in [4.69, 9.17) is 9.47 Å². The van der Waals surface area contributed by atoms with Gasteiger partial charge in [0.25, 0.3) is 0 Å². The summed E-state index contributed by atoms with van der Waals surface area (Å²) in [6.07, 6.45) is 0.351. The Balaban J connectivity index is 2.16. The minimum atomic E-state index is -0.702. The summed E-state index contributed by atoms with van der Waals surface area (Å²) in [6.45, 7) is 14.0. The molecule has 1 atom stereocenters. The fourth-order valence-electron chi connectivity index (χ4n) is 2.74. The van der Waals surface area contributed by atoms with E-state index in [1.807, 2.05) is 52.8 Å². The number of rotatable bonds is 3. The predicted molar refractivity (Wildman–Crippen MR) is 91.2 cm³/mol. The predicted octanol–water partition coefficient (Wildman–Crippen LogP) is 4.16. The summed E-state index contributed by atoms with van der Waals surface area (Å²) >= 11 is 0. The minimum absolute atomic E-state index is 0.181. The van der Waals surface area contributed by atoms with E-state index in [2.05, 4.69) is 18.7 Å². The van der Waals surface area contributed by atoms with Gasteiger partial charge in [0.05, 0.1) is 12.6 Å².